The minimum absolute atomic E-state index is 0.0444. The smallest absolute Gasteiger partial charge is 0.406 e. The van der Waals surface area contributed by atoms with Crippen LogP contribution >= 0.6 is 0 Å². The average Bonchev–Trinajstić information content (AvgIpc) is 3.11. The molecule has 0 N–H and O–H groups in total. The molecule has 0 aliphatic carbocycles. The second-order valence-corrected chi connectivity index (χ2v) is 6.65. The molecule has 28 heavy (non-hydrogen) atoms. The third-order valence-electron chi connectivity index (χ3n) is 4.75. The van der Waals surface area contributed by atoms with Crippen LogP contribution in [0.3, 0.4) is 0 Å². The van der Waals surface area contributed by atoms with Gasteiger partial charge in [0.2, 0.25) is 0 Å². The first-order valence-corrected chi connectivity index (χ1v) is 8.85. The molecule has 4 rings (SSSR count). The summed E-state index contributed by atoms with van der Waals surface area (Å²) in [7, 11) is 0. The number of nitrogens with zero attached hydrogens (tertiary/aromatic N) is 4. The van der Waals surface area contributed by atoms with E-state index in [1.165, 1.54) is 12.1 Å². The van der Waals surface area contributed by atoms with E-state index in [0.717, 1.165) is 36.4 Å². The highest BCUT2D eigenvalue weighted by atomic mass is 19.4. The number of pyridine rings is 1. The SMILES string of the molecule is O=C(c1ccc(OC(F)(F)F)cc1)N1CCCC(c2nnc3ccccn23)C1. The van der Waals surface area contributed by atoms with Crippen LogP contribution in [0.25, 0.3) is 5.65 Å². The summed E-state index contributed by atoms with van der Waals surface area (Å²) in [6, 6.07) is 10.6. The topological polar surface area (TPSA) is 59.7 Å². The van der Waals surface area contributed by atoms with Crippen LogP contribution in [-0.4, -0.2) is 44.9 Å². The Labute approximate surface area is 158 Å². The number of carbonyl (C=O) groups is 1. The van der Waals surface area contributed by atoms with Crippen molar-refractivity contribution in [2.24, 2.45) is 0 Å². The van der Waals surface area contributed by atoms with Gasteiger partial charge in [-0.2, -0.15) is 0 Å². The van der Waals surface area contributed by atoms with Crippen molar-refractivity contribution in [1.82, 2.24) is 19.5 Å². The Kier molecular flexibility index (Phi) is 4.66. The Hall–Kier alpha value is -3.10. The molecular weight excluding hydrogens is 373 g/mol. The highest BCUT2D eigenvalue weighted by Gasteiger charge is 2.31. The largest absolute Gasteiger partial charge is 0.573 e. The van der Waals surface area contributed by atoms with Crippen molar-refractivity contribution >= 4 is 11.6 Å². The van der Waals surface area contributed by atoms with Crippen LogP contribution in [0.4, 0.5) is 13.2 Å². The Morgan fingerprint density at radius 3 is 2.64 bits per heavy atom. The third kappa shape index (κ3) is 3.78. The first-order valence-electron chi connectivity index (χ1n) is 8.85. The third-order valence-corrected chi connectivity index (χ3v) is 4.75. The second-order valence-electron chi connectivity index (χ2n) is 6.65. The van der Waals surface area contributed by atoms with E-state index in [0.29, 0.717) is 18.7 Å². The molecule has 0 radical (unpaired) electrons. The van der Waals surface area contributed by atoms with Crippen LogP contribution < -0.4 is 4.74 Å². The van der Waals surface area contributed by atoms with Gasteiger partial charge < -0.3 is 9.64 Å². The molecule has 3 aromatic rings. The van der Waals surface area contributed by atoms with E-state index in [2.05, 4.69) is 14.9 Å². The minimum atomic E-state index is -4.76. The highest BCUT2D eigenvalue weighted by molar-refractivity contribution is 5.94. The summed E-state index contributed by atoms with van der Waals surface area (Å²) in [5, 5.41) is 8.45. The first-order chi connectivity index (χ1) is 13.4. The molecule has 6 nitrogen and oxygen atoms in total. The van der Waals surface area contributed by atoms with Gasteiger partial charge in [0.15, 0.2) is 5.65 Å². The summed E-state index contributed by atoms with van der Waals surface area (Å²) in [5.74, 6) is 0.276. The number of hydrogen-bond donors (Lipinski definition) is 0. The predicted molar refractivity (Wildman–Crippen MR) is 94.0 cm³/mol. The van der Waals surface area contributed by atoms with Gasteiger partial charge in [0.05, 0.1) is 0 Å². The maximum absolute atomic E-state index is 12.8. The summed E-state index contributed by atoms with van der Waals surface area (Å²) >= 11 is 0. The zero-order valence-electron chi connectivity index (χ0n) is 14.8. The van der Waals surface area contributed by atoms with Gasteiger partial charge >= 0.3 is 6.36 Å². The summed E-state index contributed by atoms with van der Waals surface area (Å²) in [4.78, 5) is 14.5. The van der Waals surface area contributed by atoms with E-state index in [1.807, 2.05) is 28.8 Å². The Morgan fingerprint density at radius 2 is 1.89 bits per heavy atom. The molecule has 1 aliphatic heterocycles. The Balaban J connectivity index is 1.49. The number of aromatic nitrogens is 3. The molecule has 1 aromatic carbocycles. The number of hydrogen-bond acceptors (Lipinski definition) is 4. The summed E-state index contributed by atoms with van der Waals surface area (Å²) < 4.78 is 42.6. The standard InChI is InChI=1S/C19H17F3N4O2/c20-19(21,22)28-15-8-6-13(7-9-15)18(27)25-10-3-4-14(12-25)17-24-23-16-5-1-2-11-26(16)17/h1-2,5-9,11,14H,3-4,10,12H2. The number of piperidine rings is 1. The fourth-order valence-corrected chi connectivity index (χ4v) is 3.49. The fourth-order valence-electron chi connectivity index (χ4n) is 3.49. The van der Waals surface area contributed by atoms with Crippen LogP contribution in [0, 0.1) is 0 Å². The summed E-state index contributed by atoms with van der Waals surface area (Å²) in [5.41, 5.74) is 1.07. The molecule has 1 fully saturated rings. The van der Waals surface area contributed by atoms with Crippen LogP contribution in [0.1, 0.15) is 34.9 Å². The number of carbonyl (C=O) groups excluding carboxylic acids is 1. The number of ether oxygens (including phenoxy) is 1. The molecule has 1 aliphatic rings. The van der Waals surface area contributed by atoms with E-state index in [1.54, 1.807) is 4.90 Å². The molecular formula is C19H17F3N4O2. The molecule has 0 bridgehead atoms. The Morgan fingerprint density at radius 1 is 1.11 bits per heavy atom. The number of likely N-dealkylation sites (tertiary alicyclic amines) is 1. The predicted octanol–water partition coefficient (Wildman–Crippen LogP) is 3.65. The number of alkyl halides is 3. The quantitative estimate of drug-likeness (QED) is 0.685. The molecule has 0 spiro atoms. The number of halogens is 3. The van der Waals surface area contributed by atoms with E-state index in [4.69, 9.17) is 0 Å². The molecule has 146 valence electrons. The van der Waals surface area contributed by atoms with E-state index < -0.39 is 6.36 Å². The molecule has 9 heteroatoms. The van der Waals surface area contributed by atoms with Crippen molar-refractivity contribution in [3.05, 3.63) is 60.0 Å². The Bertz CT molecular complexity index is 985. The van der Waals surface area contributed by atoms with Crippen molar-refractivity contribution in [1.29, 1.82) is 0 Å². The molecule has 1 saturated heterocycles. The number of fused-ring (bicyclic) bond motifs is 1. The average molecular weight is 390 g/mol. The van der Waals surface area contributed by atoms with Crippen LogP contribution in [0.15, 0.2) is 48.7 Å². The zero-order chi connectivity index (χ0) is 19.7. The second kappa shape index (κ2) is 7.14. The zero-order valence-corrected chi connectivity index (χ0v) is 14.8. The lowest BCUT2D eigenvalue weighted by molar-refractivity contribution is -0.274. The molecule has 3 heterocycles. The maximum Gasteiger partial charge on any atom is 0.573 e. The van der Waals surface area contributed by atoms with E-state index in [9.17, 15) is 18.0 Å². The molecule has 1 atom stereocenters. The van der Waals surface area contributed by atoms with E-state index >= 15 is 0 Å². The van der Waals surface area contributed by atoms with Crippen molar-refractivity contribution in [3.63, 3.8) is 0 Å². The number of amides is 1. The summed E-state index contributed by atoms with van der Waals surface area (Å²) in [6.45, 7) is 1.07. The first kappa shape index (κ1) is 18.3. The van der Waals surface area contributed by atoms with Crippen LogP contribution in [0.2, 0.25) is 0 Å². The van der Waals surface area contributed by atoms with Gasteiger partial charge in [-0.05, 0) is 49.2 Å². The van der Waals surface area contributed by atoms with Gasteiger partial charge in [-0.1, -0.05) is 6.07 Å². The van der Waals surface area contributed by atoms with Crippen LogP contribution in [-0.2, 0) is 0 Å². The van der Waals surface area contributed by atoms with Gasteiger partial charge in [-0.25, -0.2) is 0 Å². The lowest BCUT2D eigenvalue weighted by Crippen LogP contribution is -2.39. The minimum Gasteiger partial charge on any atom is -0.406 e. The highest BCUT2D eigenvalue weighted by Crippen LogP contribution is 2.28. The van der Waals surface area contributed by atoms with Gasteiger partial charge in [-0.15, -0.1) is 23.4 Å². The van der Waals surface area contributed by atoms with E-state index in [-0.39, 0.29) is 17.6 Å². The van der Waals surface area contributed by atoms with Crippen molar-refractivity contribution in [3.8, 4) is 5.75 Å². The number of benzene rings is 1. The molecule has 2 aromatic heterocycles. The lowest BCUT2D eigenvalue weighted by Gasteiger charge is -2.32. The van der Waals surface area contributed by atoms with Crippen LogP contribution in [0.5, 0.6) is 5.75 Å². The maximum atomic E-state index is 12.8. The molecule has 1 amide bonds. The lowest BCUT2D eigenvalue weighted by atomic mass is 9.96. The van der Waals surface area contributed by atoms with Gasteiger partial charge in [0, 0.05) is 30.8 Å². The monoisotopic (exact) mass is 390 g/mol. The van der Waals surface area contributed by atoms with Gasteiger partial charge in [0.25, 0.3) is 5.91 Å². The van der Waals surface area contributed by atoms with Crippen molar-refractivity contribution < 1.29 is 22.7 Å². The van der Waals surface area contributed by atoms with Crippen molar-refractivity contribution in [2.45, 2.75) is 25.1 Å². The molecule has 1 unspecified atom stereocenters. The normalized spacial score (nSPS) is 17.7. The number of rotatable bonds is 3. The fraction of sp³-hybridized carbons (Fsp3) is 0.316. The van der Waals surface area contributed by atoms with Crippen molar-refractivity contribution in [2.75, 3.05) is 13.1 Å². The molecule has 0 saturated carbocycles. The van der Waals surface area contributed by atoms with Gasteiger partial charge in [-0.3, -0.25) is 9.20 Å². The van der Waals surface area contributed by atoms with Gasteiger partial charge in [0.1, 0.15) is 11.6 Å². The summed E-state index contributed by atoms with van der Waals surface area (Å²) in [6.07, 6.45) is -1.16.